The van der Waals surface area contributed by atoms with Crippen molar-refractivity contribution in [2.75, 3.05) is 5.32 Å². The molecule has 3 aromatic rings. The summed E-state index contributed by atoms with van der Waals surface area (Å²) >= 11 is 0. The molecule has 0 saturated carbocycles. The number of anilines is 1. The molecule has 0 atom stereocenters. The van der Waals surface area contributed by atoms with Gasteiger partial charge in [0.15, 0.2) is 0 Å². The van der Waals surface area contributed by atoms with Gasteiger partial charge in [0.05, 0.1) is 6.21 Å². The molecule has 28 heavy (non-hydrogen) atoms. The van der Waals surface area contributed by atoms with Gasteiger partial charge in [0.1, 0.15) is 0 Å². The van der Waals surface area contributed by atoms with Gasteiger partial charge in [-0.3, -0.25) is 9.59 Å². The molecule has 0 radical (unpaired) electrons. The Kier molecular flexibility index (Phi) is 6.17. The average Bonchev–Trinajstić information content (AvgIpc) is 2.69. The molecule has 5 heteroatoms. The minimum Gasteiger partial charge on any atom is -0.326 e. The fourth-order valence-corrected chi connectivity index (χ4v) is 2.90. The maximum Gasteiger partial charge on any atom is 0.240 e. The van der Waals surface area contributed by atoms with Crippen molar-refractivity contribution in [3.8, 4) is 0 Å². The maximum atomic E-state index is 12.1. The van der Waals surface area contributed by atoms with E-state index >= 15 is 0 Å². The largest absolute Gasteiger partial charge is 0.326 e. The van der Waals surface area contributed by atoms with Gasteiger partial charge in [-0.15, -0.1) is 0 Å². The summed E-state index contributed by atoms with van der Waals surface area (Å²) in [6.07, 6.45) is 1.79. The van der Waals surface area contributed by atoms with Gasteiger partial charge in [0.25, 0.3) is 0 Å². The van der Waals surface area contributed by atoms with Crippen LogP contribution in [-0.4, -0.2) is 18.0 Å². The van der Waals surface area contributed by atoms with Crippen molar-refractivity contribution in [2.45, 2.75) is 26.7 Å². The van der Waals surface area contributed by atoms with Crippen LogP contribution in [-0.2, 0) is 9.59 Å². The summed E-state index contributed by atoms with van der Waals surface area (Å²) in [5.74, 6) is -0.491. The Hall–Kier alpha value is -3.47. The van der Waals surface area contributed by atoms with Gasteiger partial charge < -0.3 is 5.32 Å². The predicted octanol–water partition coefficient (Wildman–Crippen LogP) is 4.33. The summed E-state index contributed by atoms with van der Waals surface area (Å²) in [6.45, 7) is 3.90. The summed E-state index contributed by atoms with van der Waals surface area (Å²) in [7, 11) is 0. The lowest BCUT2D eigenvalue weighted by molar-refractivity contribution is -0.124. The normalized spacial score (nSPS) is 10.9. The minimum absolute atomic E-state index is 0.0730. The lowest BCUT2D eigenvalue weighted by Crippen LogP contribution is -2.21. The van der Waals surface area contributed by atoms with Crippen LogP contribution in [0, 0.1) is 13.8 Å². The van der Waals surface area contributed by atoms with E-state index in [2.05, 4.69) is 15.8 Å². The third kappa shape index (κ3) is 5.04. The van der Waals surface area contributed by atoms with Crippen LogP contribution in [0.2, 0.25) is 0 Å². The molecule has 142 valence electrons. The molecular formula is C23H23N3O2. The van der Waals surface area contributed by atoms with Crippen LogP contribution in [0.1, 0.15) is 29.5 Å². The minimum atomic E-state index is -0.299. The smallest absolute Gasteiger partial charge is 0.240 e. The number of fused-ring (bicyclic) bond motifs is 1. The number of carbonyl (C=O) groups excluding carboxylic acids is 2. The molecule has 0 fully saturated rings. The number of benzene rings is 3. The standard InChI is InChI=1S/C23H23N3O2/c1-16-10-11-17(2)21(14-16)25-22(27)12-13-23(28)26-24-15-19-8-5-7-18-6-3-4-9-20(18)19/h3-11,14-15H,12-13H2,1-2H3,(H,25,27)(H,26,28)/b24-15+. The Morgan fingerprint density at radius 1 is 0.929 bits per heavy atom. The van der Waals surface area contributed by atoms with Crippen molar-refractivity contribution >= 4 is 34.5 Å². The average molecular weight is 373 g/mol. The molecule has 0 aliphatic heterocycles. The molecule has 3 aromatic carbocycles. The monoisotopic (exact) mass is 373 g/mol. The number of hydrogen-bond acceptors (Lipinski definition) is 3. The van der Waals surface area contributed by atoms with E-state index in [4.69, 9.17) is 0 Å². The van der Waals surface area contributed by atoms with E-state index in [1.807, 2.05) is 74.5 Å². The molecule has 3 rings (SSSR count). The highest BCUT2D eigenvalue weighted by molar-refractivity contribution is 6.00. The number of amides is 2. The number of aryl methyl sites for hydroxylation is 2. The van der Waals surface area contributed by atoms with E-state index < -0.39 is 0 Å². The van der Waals surface area contributed by atoms with Gasteiger partial charge in [-0.25, -0.2) is 5.43 Å². The van der Waals surface area contributed by atoms with Gasteiger partial charge in [0, 0.05) is 24.1 Å². The second kappa shape index (κ2) is 8.95. The second-order valence-corrected chi connectivity index (χ2v) is 6.73. The number of nitrogens with one attached hydrogen (secondary N) is 2. The van der Waals surface area contributed by atoms with E-state index in [0.717, 1.165) is 33.2 Å². The summed E-state index contributed by atoms with van der Waals surface area (Å²) in [4.78, 5) is 24.1. The molecule has 0 bridgehead atoms. The summed E-state index contributed by atoms with van der Waals surface area (Å²) < 4.78 is 0. The van der Waals surface area contributed by atoms with Crippen molar-refractivity contribution in [3.05, 3.63) is 77.4 Å². The van der Waals surface area contributed by atoms with Crippen LogP contribution in [0.25, 0.3) is 10.8 Å². The first-order valence-corrected chi connectivity index (χ1v) is 9.20. The van der Waals surface area contributed by atoms with Gasteiger partial charge in [-0.2, -0.15) is 5.10 Å². The van der Waals surface area contributed by atoms with Crippen molar-refractivity contribution < 1.29 is 9.59 Å². The van der Waals surface area contributed by atoms with Crippen molar-refractivity contribution in [3.63, 3.8) is 0 Å². The van der Waals surface area contributed by atoms with Crippen LogP contribution < -0.4 is 10.7 Å². The van der Waals surface area contributed by atoms with Crippen LogP contribution >= 0.6 is 0 Å². The lowest BCUT2D eigenvalue weighted by Gasteiger charge is -2.09. The third-order valence-corrected chi connectivity index (χ3v) is 4.46. The van der Waals surface area contributed by atoms with Crippen LogP contribution in [0.15, 0.2) is 65.8 Å². The Bertz CT molecular complexity index is 1040. The van der Waals surface area contributed by atoms with E-state index in [1.165, 1.54) is 0 Å². The number of carbonyl (C=O) groups is 2. The number of hydrogen-bond donors (Lipinski definition) is 2. The molecule has 0 aliphatic carbocycles. The number of hydrazone groups is 1. The molecule has 0 heterocycles. The van der Waals surface area contributed by atoms with Crippen molar-refractivity contribution in [2.24, 2.45) is 5.10 Å². The van der Waals surface area contributed by atoms with Crippen LogP contribution in [0.5, 0.6) is 0 Å². The first-order valence-electron chi connectivity index (χ1n) is 9.20. The number of nitrogens with zero attached hydrogens (tertiary/aromatic N) is 1. The molecule has 2 amide bonds. The van der Waals surface area contributed by atoms with Gasteiger partial charge >= 0.3 is 0 Å². The topological polar surface area (TPSA) is 70.6 Å². The van der Waals surface area contributed by atoms with Gasteiger partial charge in [-0.1, -0.05) is 54.6 Å². The van der Waals surface area contributed by atoms with E-state index in [0.29, 0.717) is 0 Å². The van der Waals surface area contributed by atoms with Crippen LogP contribution in [0.3, 0.4) is 0 Å². The van der Waals surface area contributed by atoms with Crippen molar-refractivity contribution in [1.29, 1.82) is 0 Å². The Morgan fingerprint density at radius 3 is 2.54 bits per heavy atom. The van der Waals surface area contributed by atoms with E-state index in [1.54, 1.807) is 6.21 Å². The van der Waals surface area contributed by atoms with E-state index in [-0.39, 0.29) is 24.7 Å². The fraction of sp³-hybridized carbons (Fsp3) is 0.174. The molecule has 0 spiro atoms. The predicted molar refractivity (Wildman–Crippen MR) is 113 cm³/mol. The second-order valence-electron chi connectivity index (χ2n) is 6.73. The van der Waals surface area contributed by atoms with Crippen LogP contribution in [0.4, 0.5) is 5.69 Å². The molecule has 0 aliphatic rings. The molecular weight excluding hydrogens is 350 g/mol. The molecule has 5 nitrogen and oxygen atoms in total. The quantitative estimate of drug-likeness (QED) is 0.499. The molecule has 0 aromatic heterocycles. The first kappa shape index (κ1) is 19.3. The van der Waals surface area contributed by atoms with Crippen molar-refractivity contribution in [1.82, 2.24) is 5.43 Å². The zero-order chi connectivity index (χ0) is 19.9. The highest BCUT2D eigenvalue weighted by atomic mass is 16.2. The highest BCUT2D eigenvalue weighted by Crippen LogP contribution is 2.17. The number of rotatable bonds is 6. The summed E-state index contributed by atoms with van der Waals surface area (Å²) in [5, 5.41) is 9.05. The lowest BCUT2D eigenvalue weighted by atomic mass is 10.1. The zero-order valence-electron chi connectivity index (χ0n) is 16.0. The molecule has 2 N–H and O–H groups in total. The third-order valence-electron chi connectivity index (χ3n) is 4.46. The SMILES string of the molecule is Cc1ccc(C)c(NC(=O)CCC(=O)N/N=C/c2cccc3ccccc23)c1. The van der Waals surface area contributed by atoms with Gasteiger partial charge in [0.2, 0.25) is 11.8 Å². The fourth-order valence-electron chi connectivity index (χ4n) is 2.90. The molecule has 0 unspecified atom stereocenters. The van der Waals surface area contributed by atoms with E-state index in [9.17, 15) is 9.59 Å². The maximum absolute atomic E-state index is 12.1. The summed E-state index contributed by atoms with van der Waals surface area (Å²) in [5.41, 5.74) is 6.25. The van der Waals surface area contributed by atoms with Gasteiger partial charge in [-0.05, 0) is 41.8 Å². The molecule has 0 saturated heterocycles. The Morgan fingerprint density at radius 2 is 1.68 bits per heavy atom. The first-order chi connectivity index (χ1) is 13.5. The Balaban J connectivity index is 1.51. The summed E-state index contributed by atoms with van der Waals surface area (Å²) in [6, 6.07) is 19.8. The highest BCUT2D eigenvalue weighted by Gasteiger charge is 2.08. The zero-order valence-corrected chi connectivity index (χ0v) is 16.0. The Labute approximate surface area is 164 Å².